The fourth-order valence-corrected chi connectivity index (χ4v) is 3.09. The Bertz CT molecular complexity index is 1120. The number of anilines is 1. The monoisotopic (exact) mass is 483 g/mol. The van der Waals surface area contributed by atoms with Crippen molar-refractivity contribution in [2.75, 3.05) is 5.73 Å². The number of nitrogen functional groups attached to an aromatic ring is 1. The minimum absolute atomic E-state index is 0.361. The summed E-state index contributed by atoms with van der Waals surface area (Å²) in [6, 6.07) is 0.790. The summed E-state index contributed by atoms with van der Waals surface area (Å²) in [5.74, 6) is -3.08. The van der Waals surface area contributed by atoms with E-state index < -0.39 is 68.2 Å². The van der Waals surface area contributed by atoms with E-state index in [1.807, 2.05) is 0 Å². The zero-order valence-electron chi connectivity index (χ0n) is 13.7. The van der Waals surface area contributed by atoms with Crippen LogP contribution in [0.3, 0.4) is 0 Å². The molecule has 2 N–H and O–H groups in total. The zero-order chi connectivity index (χ0) is 22.8. The van der Waals surface area contributed by atoms with Gasteiger partial charge in [0.25, 0.3) is 0 Å². The maximum atomic E-state index is 13.3. The Morgan fingerprint density at radius 3 is 1.77 bits per heavy atom. The van der Waals surface area contributed by atoms with Gasteiger partial charge in [-0.2, -0.15) is 39.5 Å². The second-order valence-corrected chi connectivity index (χ2v) is 6.49. The number of nitrogens with zero attached hydrogens (tertiary/aromatic N) is 4. The van der Waals surface area contributed by atoms with Crippen molar-refractivity contribution >= 4 is 40.1 Å². The highest BCUT2D eigenvalue weighted by atomic mass is 35.5. The van der Waals surface area contributed by atoms with Crippen molar-refractivity contribution in [2.24, 2.45) is 0 Å². The predicted molar refractivity (Wildman–Crippen MR) is 86.1 cm³/mol. The van der Waals surface area contributed by atoms with Crippen LogP contribution in [0.15, 0.2) is 12.1 Å². The molecule has 0 saturated heterocycles. The minimum Gasteiger partial charge on any atom is -0.383 e. The fourth-order valence-electron chi connectivity index (χ4n) is 2.45. The Morgan fingerprint density at radius 1 is 0.800 bits per heavy atom. The first-order valence-electron chi connectivity index (χ1n) is 7.29. The van der Waals surface area contributed by atoms with Gasteiger partial charge in [0, 0.05) is 0 Å². The average Bonchev–Trinajstić information content (AvgIpc) is 2.87. The number of rotatable bonds is 1. The summed E-state index contributed by atoms with van der Waals surface area (Å²) in [5.41, 5.74) is 0.554. The first-order valence-corrected chi connectivity index (χ1v) is 8.04. The Morgan fingerprint density at radius 2 is 1.33 bits per heavy atom. The summed E-state index contributed by atoms with van der Waals surface area (Å²) < 4.78 is 117. The van der Waals surface area contributed by atoms with Gasteiger partial charge in [-0.15, -0.1) is 5.10 Å². The van der Waals surface area contributed by atoms with E-state index in [1.165, 1.54) is 0 Å². The van der Waals surface area contributed by atoms with Crippen molar-refractivity contribution in [1.82, 2.24) is 19.7 Å². The number of hydrogen-bond donors (Lipinski definition) is 1. The average molecular weight is 484 g/mol. The van der Waals surface area contributed by atoms with Crippen molar-refractivity contribution in [3.05, 3.63) is 39.3 Å². The standard InChI is InChI=1S/C14H4Cl2F9N5/c15-4-1-3(12(17,18)19)2-5(16)7(4)30-9(26)6-8(13(20,21)22)27-11(14(23,24)25)28-10(6)29-30/h1-2H,26H2. The van der Waals surface area contributed by atoms with Crippen LogP contribution in [0.1, 0.15) is 17.1 Å². The smallest absolute Gasteiger partial charge is 0.383 e. The number of fused-ring (bicyclic) bond motifs is 1. The molecule has 16 heteroatoms. The van der Waals surface area contributed by atoms with E-state index in [0.29, 0.717) is 16.8 Å². The zero-order valence-corrected chi connectivity index (χ0v) is 15.2. The highest BCUT2D eigenvalue weighted by Gasteiger charge is 2.43. The van der Waals surface area contributed by atoms with Gasteiger partial charge in [0.05, 0.1) is 21.0 Å². The predicted octanol–water partition coefficient (Wildman–Crippen LogP) is 5.76. The lowest BCUT2D eigenvalue weighted by atomic mass is 10.2. The molecule has 0 radical (unpaired) electrons. The van der Waals surface area contributed by atoms with E-state index >= 15 is 0 Å². The fraction of sp³-hybridized carbons (Fsp3) is 0.214. The Balaban J connectivity index is 2.37. The first kappa shape index (κ1) is 22.2. The molecule has 1 aromatic carbocycles. The maximum absolute atomic E-state index is 13.3. The van der Waals surface area contributed by atoms with Crippen molar-refractivity contribution in [1.29, 1.82) is 0 Å². The third-order valence-corrected chi connectivity index (χ3v) is 4.22. The van der Waals surface area contributed by atoms with Crippen molar-refractivity contribution in [3.63, 3.8) is 0 Å². The molecule has 0 atom stereocenters. The van der Waals surface area contributed by atoms with E-state index in [4.69, 9.17) is 28.9 Å². The Kier molecular flexibility index (Phi) is 5.01. The van der Waals surface area contributed by atoms with Gasteiger partial charge in [0.15, 0.2) is 11.3 Å². The largest absolute Gasteiger partial charge is 0.451 e. The lowest BCUT2D eigenvalue weighted by Crippen LogP contribution is -2.17. The van der Waals surface area contributed by atoms with Crippen LogP contribution < -0.4 is 5.73 Å². The third kappa shape index (κ3) is 3.80. The van der Waals surface area contributed by atoms with Crippen LogP contribution in [-0.4, -0.2) is 19.7 Å². The minimum atomic E-state index is -5.39. The van der Waals surface area contributed by atoms with Crippen molar-refractivity contribution in [3.8, 4) is 5.69 Å². The second kappa shape index (κ2) is 6.77. The molecule has 5 nitrogen and oxygen atoms in total. The van der Waals surface area contributed by atoms with Gasteiger partial charge in [-0.3, -0.25) is 0 Å². The lowest BCUT2D eigenvalue weighted by Gasteiger charge is -2.13. The van der Waals surface area contributed by atoms with Crippen LogP contribution in [0, 0.1) is 0 Å². The van der Waals surface area contributed by atoms with Crippen LogP contribution >= 0.6 is 23.2 Å². The molecule has 3 rings (SSSR count). The molecule has 0 fully saturated rings. The molecule has 0 bridgehead atoms. The molecular weight excluding hydrogens is 480 g/mol. The molecule has 0 saturated carbocycles. The number of alkyl halides is 9. The van der Waals surface area contributed by atoms with E-state index in [0.717, 1.165) is 0 Å². The number of benzene rings is 1. The molecule has 0 amide bonds. The summed E-state index contributed by atoms with van der Waals surface area (Å²) in [7, 11) is 0. The van der Waals surface area contributed by atoms with Gasteiger partial charge in [-0.25, -0.2) is 14.6 Å². The third-order valence-electron chi connectivity index (χ3n) is 3.65. The molecule has 0 aliphatic heterocycles. The maximum Gasteiger partial charge on any atom is 0.451 e. The van der Waals surface area contributed by atoms with E-state index in [-0.39, 0.29) is 0 Å². The quantitative estimate of drug-likeness (QED) is 0.446. The van der Waals surface area contributed by atoms with E-state index in [2.05, 4.69) is 15.1 Å². The normalized spacial score (nSPS) is 13.3. The van der Waals surface area contributed by atoms with Crippen LogP contribution in [0.4, 0.5) is 45.3 Å². The van der Waals surface area contributed by atoms with Gasteiger partial charge in [-0.05, 0) is 12.1 Å². The Hall–Kier alpha value is -2.48. The van der Waals surface area contributed by atoms with E-state index in [1.54, 1.807) is 0 Å². The highest BCUT2D eigenvalue weighted by molar-refractivity contribution is 6.38. The molecule has 0 spiro atoms. The lowest BCUT2D eigenvalue weighted by molar-refractivity contribution is -0.151. The van der Waals surface area contributed by atoms with Gasteiger partial charge < -0.3 is 5.73 Å². The summed E-state index contributed by atoms with van der Waals surface area (Å²) in [6.45, 7) is 0. The van der Waals surface area contributed by atoms with Crippen molar-refractivity contribution in [2.45, 2.75) is 18.5 Å². The number of nitrogens with two attached hydrogens (primary N) is 1. The number of aromatic nitrogens is 4. The van der Waals surface area contributed by atoms with Gasteiger partial charge in [0.2, 0.25) is 5.82 Å². The van der Waals surface area contributed by atoms with Crippen LogP contribution in [0.2, 0.25) is 10.0 Å². The molecule has 162 valence electrons. The summed E-state index contributed by atoms with van der Waals surface area (Å²) >= 11 is 11.5. The molecular formula is C14H4Cl2F9N5. The molecule has 2 aromatic heterocycles. The first-order chi connectivity index (χ1) is 13.5. The summed E-state index contributed by atoms with van der Waals surface area (Å²) in [6.07, 6.45) is -15.6. The van der Waals surface area contributed by atoms with E-state index in [9.17, 15) is 39.5 Å². The molecule has 0 aliphatic carbocycles. The molecule has 0 unspecified atom stereocenters. The molecule has 3 aromatic rings. The summed E-state index contributed by atoms with van der Waals surface area (Å²) in [4.78, 5) is 5.42. The highest BCUT2D eigenvalue weighted by Crippen LogP contribution is 2.42. The molecule has 0 aliphatic rings. The molecule has 2 heterocycles. The van der Waals surface area contributed by atoms with Gasteiger partial charge in [0.1, 0.15) is 11.5 Å². The van der Waals surface area contributed by atoms with Gasteiger partial charge in [-0.1, -0.05) is 23.2 Å². The van der Waals surface area contributed by atoms with Crippen LogP contribution in [0.5, 0.6) is 0 Å². The molecule has 30 heavy (non-hydrogen) atoms. The number of halogens is 11. The van der Waals surface area contributed by atoms with Gasteiger partial charge >= 0.3 is 18.5 Å². The Labute approximate surface area is 169 Å². The van der Waals surface area contributed by atoms with Crippen LogP contribution in [0.25, 0.3) is 16.7 Å². The SMILES string of the molecule is Nc1c2c(C(F)(F)F)nc(C(F)(F)F)nc2nn1-c1c(Cl)cc(C(F)(F)F)cc1Cl. The second-order valence-electron chi connectivity index (χ2n) is 5.67. The summed E-state index contributed by atoms with van der Waals surface area (Å²) in [5, 5.41) is 0.867. The number of hydrogen-bond acceptors (Lipinski definition) is 4. The topological polar surface area (TPSA) is 69.6 Å². The van der Waals surface area contributed by atoms with Crippen molar-refractivity contribution < 1.29 is 39.5 Å². The van der Waals surface area contributed by atoms with Crippen LogP contribution in [-0.2, 0) is 18.5 Å².